The molecule has 0 bridgehead atoms. The second kappa shape index (κ2) is 9.50. The Morgan fingerprint density at radius 3 is 2.48 bits per heavy atom. The number of ether oxygens (including phenoxy) is 1. The zero-order valence-corrected chi connectivity index (χ0v) is 15.8. The van der Waals surface area contributed by atoms with E-state index in [0.717, 1.165) is 11.3 Å². The molecule has 0 unspecified atom stereocenters. The molecule has 0 heterocycles. The van der Waals surface area contributed by atoms with Crippen LogP contribution in [0.15, 0.2) is 53.5 Å². The van der Waals surface area contributed by atoms with Gasteiger partial charge in [-0.2, -0.15) is 13.2 Å². The molecule has 3 N–H and O–H groups in total. The molecule has 0 aliphatic rings. The standard InChI is InChI=1S/C17H18F3N3O.HI/c1-12-5-7-14(8-6-12)23-16(21)22-10-13-3-2-4-15(9-13)24-11-17(18,19)20;/h2-9H,10-11H2,1H3,(H3,21,22,23);1H. The Balaban J connectivity index is 0.00000312. The number of alkyl halides is 3. The zero-order chi connectivity index (χ0) is 17.6. The van der Waals surface area contributed by atoms with Crippen molar-refractivity contribution in [3.8, 4) is 5.75 Å². The molecule has 0 aromatic heterocycles. The lowest BCUT2D eigenvalue weighted by molar-refractivity contribution is -0.153. The summed E-state index contributed by atoms with van der Waals surface area (Å²) in [7, 11) is 0. The van der Waals surface area contributed by atoms with Gasteiger partial charge in [-0.3, -0.25) is 0 Å². The molecule has 2 aromatic rings. The summed E-state index contributed by atoms with van der Waals surface area (Å²) < 4.78 is 41.2. The Labute approximate surface area is 161 Å². The van der Waals surface area contributed by atoms with E-state index in [-0.39, 0.29) is 42.2 Å². The molecule has 25 heavy (non-hydrogen) atoms. The molecule has 0 spiro atoms. The number of aryl methyl sites for hydroxylation is 1. The van der Waals surface area contributed by atoms with Crippen LogP contribution in [-0.2, 0) is 6.54 Å². The third kappa shape index (κ3) is 8.10. The lowest BCUT2D eigenvalue weighted by atomic mass is 10.2. The SMILES string of the molecule is Cc1ccc(NC(N)=NCc2cccc(OCC(F)(F)F)c2)cc1.I. The summed E-state index contributed by atoms with van der Waals surface area (Å²) >= 11 is 0. The fourth-order valence-electron chi connectivity index (χ4n) is 1.90. The fraction of sp³-hybridized carbons (Fsp3) is 0.235. The molecular formula is C17H19F3IN3O. The van der Waals surface area contributed by atoms with Crippen molar-refractivity contribution in [1.82, 2.24) is 0 Å². The van der Waals surface area contributed by atoms with Gasteiger partial charge >= 0.3 is 6.18 Å². The maximum absolute atomic E-state index is 12.2. The van der Waals surface area contributed by atoms with Gasteiger partial charge in [0.25, 0.3) is 0 Å². The topological polar surface area (TPSA) is 59.6 Å². The highest BCUT2D eigenvalue weighted by Crippen LogP contribution is 2.19. The molecule has 0 saturated carbocycles. The van der Waals surface area contributed by atoms with Crippen LogP contribution >= 0.6 is 24.0 Å². The van der Waals surface area contributed by atoms with Crippen LogP contribution in [0.4, 0.5) is 18.9 Å². The summed E-state index contributed by atoms with van der Waals surface area (Å²) in [5.74, 6) is 0.366. The van der Waals surface area contributed by atoms with Crippen molar-refractivity contribution in [1.29, 1.82) is 0 Å². The van der Waals surface area contributed by atoms with Crippen molar-refractivity contribution in [2.24, 2.45) is 10.7 Å². The normalized spacial score (nSPS) is 11.6. The lowest BCUT2D eigenvalue weighted by Gasteiger charge is -2.10. The maximum Gasteiger partial charge on any atom is 0.422 e. The monoisotopic (exact) mass is 465 g/mol. The Hall–Kier alpha value is -1.97. The van der Waals surface area contributed by atoms with Gasteiger partial charge in [-0.15, -0.1) is 24.0 Å². The van der Waals surface area contributed by atoms with Gasteiger partial charge in [0.2, 0.25) is 0 Å². The number of hydrogen-bond acceptors (Lipinski definition) is 2. The zero-order valence-electron chi connectivity index (χ0n) is 13.5. The summed E-state index contributed by atoms with van der Waals surface area (Å²) in [6, 6.07) is 14.0. The first-order valence-corrected chi connectivity index (χ1v) is 7.24. The Bertz CT molecular complexity index is 703. The second-order valence-electron chi connectivity index (χ2n) is 5.24. The molecule has 0 aliphatic carbocycles. The minimum atomic E-state index is -4.36. The number of halogens is 4. The second-order valence-corrected chi connectivity index (χ2v) is 5.24. The quantitative estimate of drug-likeness (QED) is 0.389. The van der Waals surface area contributed by atoms with Gasteiger partial charge in [-0.05, 0) is 36.8 Å². The molecule has 0 aliphatic heterocycles. The first kappa shape index (κ1) is 21.1. The van der Waals surface area contributed by atoms with Crippen molar-refractivity contribution >= 4 is 35.6 Å². The number of aliphatic imine (C=N–C) groups is 1. The number of guanidine groups is 1. The first-order valence-electron chi connectivity index (χ1n) is 7.24. The Kier molecular flexibility index (Phi) is 8.01. The first-order chi connectivity index (χ1) is 11.3. The Morgan fingerprint density at radius 1 is 1.16 bits per heavy atom. The molecule has 2 rings (SSSR count). The number of hydrogen-bond donors (Lipinski definition) is 2. The van der Waals surface area contributed by atoms with E-state index in [1.54, 1.807) is 12.1 Å². The number of nitrogens with two attached hydrogens (primary N) is 1. The summed E-state index contributed by atoms with van der Waals surface area (Å²) in [5.41, 5.74) is 8.44. The largest absolute Gasteiger partial charge is 0.484 e. The molecule has 2 aromatic carbocycles. The third-order valence-corrected chi connectivity index (χ3v) is 3.06. The van der Waals surface area contributed by atoms with Crippen LogP contribution in [0, 0.1) is 6.92 Å². The summed E-state index contributed by atoms with van der Waals surface area (Å²) in [6.07, 6.45) is -4.36. The highest BCUT2D eigenvalue weighted by molar-refractivity contribution is 14.0. The van der Waals surface area contributed by atoms with Crippen LogP contribution in [0.1, 0.15) is 11.1 Å². The van der Waals surface area contributed by atoms with E-state index in [1.165, 1.54) is 12.1 Å². The van der Waals surface area contributed by atoms with Crippen molar-refractivity contribution in [3.63, 3.8) is 0 Å². The molecule has 8 heteroatoms. The smallest absolute Gasteiger partial charge is 0.422 e. The van der Waals surface area contributed by atoms with Crippen LogP contribution in [0.2, 0.25) is 0 Å². The van der Waals surface area contributed by atoms with Gasteiger partial charge in [-0.25, -0.2) is 4.99 Å². The minimum absolute atomic E-state index is 0. The van der Waals surface area contributed by atoms with E-state index in [1.807, 2.05) is 31.2 Å². The molecule has 0 saturated heterocycles. The molecule has 0 fully saturated rings. The molecule has 0 radical (unpaired) electrons. The van der Waals surface area contributed by atoms with E-state index >= 15 is 0 Å². The number of benzene rings is 2. The Morgan fingerprint density at radius 2 is 1.84 bits per heavy atom. The van der Waals surface area contributed by atoms with Gasteiger partial charge in [0.1, 0.15) is 5.75 Å². The summed E-state index contributed by atoms with van der Waals surface area (Å²) in [6.45, 7) is 0.889. The van der Waals surface area contributed by atoms with Crippen LogP contribution in [0.5, 0.6) is 5.75 Å². The third-order valence-electron chi connectivity index (χ3n) is 3.06. The van der Waals surface area contributed by atoms with Crippen LogP contribution in [-0.4, -0.2) is 18.7 Å². The average Bonchev–Trinajstić information content (AvgIpc) is 2.53. The van der Waals surface area contributed by atoms with Crippen molar-refractivity contribution < 1.29 is 17.9 Å². The van der Waals surface area contributed by atoms with Gasteiger partial charge in [0.15, 0.2) is 12.6 Å². The van der Waals surface area contributed by atoms with E-state index in [0.29, 0.717) is 5.56 Å². The molecule has 0 amide bonds. The predicted molar refractivity (Wildman–Crippen MR) is 104 cm³/mol. The van der Waals surface area contributed by atoms with E-state index < -0.39 is 12.8 Å². The van der Waals surface area contributed by atoms with Gasteiger partial charge in [0.05, 0.1) is 6.54 Å². The van der Waals surface area contributed by atoms with Gasteiger partial charge in [-0.1, -0.05) is 29.8 Å². The fourth-order valence-corrected chi connectivity index (χ4v) is 1.90. The molecule has 0 atom stereocenters. The number of nitrogens with one attached hydrogen (secondary N) is 1. The summed E-state index contributed by atoms with van der Waals surface area (Å²) in [4.78, 5) is 4.17. The van der Waals surface area contributed by atoms with E-state index in [9.17, 15) is 13.2 Å². The van der Waals surface area contributed by atoms with Crippen molar-refractivity contribution in [3.05, 3.63) is 59.7 Å². The average molecular weight is 465 g/mol. The highest BCUT2D eigenvalue weighted by Gasteiger charge is 2.28. The lowest BCUT2D eigenvalue weighted by Crippen LogP contribution is -2.22. The van der Waals surface area contributed by atoms with Crippen molar-refractivity contribution in [2.75, 3.05) is 11.9 Å². The van der Waals surface area contributed by atoms with Crippen molar-refractivity contribution in [2.45, 2.75) is 19.6 Å². The van der Waals surface area contributed by atoms with Crippen LogP contribution in [0.25, 0.3) is 0 Å². The number of nitrogens with zero attached hydrogens (tertiary/aromatic N) is 1. The molecule has 4 nitrogen and oxygen atoms in total. The van der Waals surface area contributed by atoms with Crippen LogP contribution in [0.3, 0.4) is 0 Å². The minimum Gasteiger partial charge on any atom is -0.484 e. The summed E-state index contributed by atoms with van der Waals surface area (Å²) in [5, 5.41) is 2.95. The van der Waals surface area contributed by atoms with E-state index in [2.05, 4.69) is 10.3 Å². The highest BCUT2D eigenvalue weighted by atomic mass is 127. The number of anilines is 1. The molecular weight excluding hydrogens is 446 g/mol. The van der Waals surface area contributed by atoms with E-state index in [4.69, 9.17) is 10.5 Å². The molecule has 136 valence electrons. The van der Waals surface area contributed by atoms with Gasteiger partial charge < -0.3 is 15.8 Å². The predicted octanol–water partition coefficient (Wildman–Crippen LogP) is 4.48. The van der Waals surface area contributed by atoms with Gasteiger partial charge in [0, 0.05) is 5.69 Å². The number of rotatable bonds is 5. The van der Waals surface area contributed by atoms with Crippen LogP contribution < -0.4 is 15.8 Å². The maximum atomic E-state index is 12.2.